The lowest BCUT2D eigenvalue weighted by Gasteiger charge is -2.12. The monoisotopic (exact) mass is 310 g/mol. The van der Waals surface area contributed by atoms with Crippen LogP contribution in [0.5, 0.6) is 0 Å². The standard InChI is InChI=1S/C17H14N2O4/c1-23-17(20)11-7-8-12-13(9-11)14(10-5-3-2-4-6-10)16(15(12)18)19(21)22/h2-9,14H,18H2,1H3. The lowest BCUT2D eigenvalue weighted by molar-refractivity contribution is -0.427. The van der Waals surface area contributed by atoms with E-state index in [4.69, 9.17) is 10.5 Å². The van der Waals surface area contributed by atoms with E-state index in [0.717, 1.165) is 5.56 Å². The highest BCUT2D eigenvalue weighted by Crippen LogP contribution is 2.44. The maximum atomic E-state index is 11.8. The Morgan fingerprint density at radius 2 is 1.91 bits per heavy atom. The number of nitro groups is 1. The zero-order valence-corrected chi connectivity index (χ0v) is 12.4. The fourth-order valence-electron chi connectivity index (χ4n) is 2.92. The van der Waals surface area contributed by atoms with Crippen molar-refractivity contribution in [2.45, 2.75) is 5.92 Å². The molecule has 3 rings (SSSR count). The van der Waals surface area contributed by atoms with E-state index in [1.807, 2.05) is 18.2 Å². The SMILES string of the molecule is COC(=O)c1ccc2c(c1)C(c1ccccc1)C([N+](=O)[O-])=C2N. The van der Waals surface area contributed by atoms with Gasteiger partial charge in [0.2, 0.25) is 0 Å². The molecular formula is C17H14N2O4. The number of hydrogen-bond donors (Lipinski definition) is 1. The number of methoxy groups -OCH3 is 1. The van der Waals surface area contributed by atoms with Crippen molar-refractivity contribution in [3.8, 4) is 0 Å². The van der Waals surface area contributed by atoms with Crippen LogP contribution < -0.4 is 5.73 Å². The van der Waals surface area contributed by atoms with Gasteiger partial charge >= 0.3 is 5.97 Å². The molecule has 0 aromatic heterocycles. The molecule has 1 aliphatic rings. The number of hydrogen-bond acceptors (Lipinski definition) is 5. The zero-order chi connectivity index (χ0) is 16.6. The molecule has 116 valence electrons. The minimum absolute atomic E-state index is 0.0618. The Morgan fingerprint density at radius 1 is 1.22 bits per heavy atom. The molecule has 1 aliphatic carbocycles. The summed E-state index contributed by atoms with van der Waals surface area (Å²) in [7, 11) is 1.29. The first-order chi connectivity index (χ1) is 11.0. The van der Waals surface area contributed by atoms with Gasteiger partial charge in [0.05, 0.1) is 17.6 Å². The number of allylic oxidation sites excluding steroid dienone is 1. The zero-order valence-electron chi connectivity index (χ0n) is 12.4. The smallest absolute Gasteiger partial charge is 0.337 e. The van der Waals surface area contributed by atoms with Crippen LogP contribution in [0.25, 0.3) is 5.70 Å². The normalized spacial score (nSPS) is 16.1. The van der Waals surface area contributed by atoms with E-state index in [1.54, 1.807) is 30.3 Å². The van der Waals surface area contributed by atoms with Crippen molar-refractivity contribution < 1.29 is 14.5 Å². The highest BCUT2D eigenvalue weighted by molar-refractivity contribution is 5.91. The Morgan fingerprint density at radius 3 is 2.52 bits per heavy atom. The van der Waals surface area contributed by atoms with Gasteiger partial charge in [0, 0.05) is 5.56 Å². The molecule has 0 radical (unpaired) electrons. The third-order valence-electron chi connectivity index (χ3n) is 3.95. The van der Waals surface area contributed by atoms with Crippen molar-refractivity contribution in [1.82, 2.24) is 0 Å². The summed E-state index contributed by atoms with van der Waals surface area (Å²) < 4.78 is 4.72. The molecule has 0 heterocycles. The fraction of sp³-hybridized carbons (Fsp3) is 0.118. The van der Waals surface area contributed by atoms with Gasteiger partial charge in [0.1, 0.15) is 11.6 Å². The molecule has 0 saturated heterocycles. The van der Waals surface area contributed by atoms with Crippen LogP contribution >= 0.6 is 0 Å². The molecule has 2 aromatic carbocycles. The molecule has 1 unspecified atom stereocenters. The van der Waals surface area contributed by atoms with Crippen molar-refractivity contribution in [2.75, 3.05) is 7.11 Å². The van der Waals surface area contributed by atoms with E-state index in [-0.39, 0.29) is 11.4 Å². The average Bonchev–Trinajstić information content (AvgIpc) is 2.87. The van der Waals surface area contributed by atoms with E-state index in [2.05, 4.69) is 0 Å². The highest BCUT2D eigenvalue weighted by Gasteiger charge is 2.40. The first-order valence-corrected chi connectivity index (χ1v) is 6.96. The lowest BCUT2D eigenvalue weighted by Crippen LogP contribution is -2.11. The van der Waals surface area contributed by atoms with E-state index >= 15 is 0 Å². The van der Waals surface area contributed by atoms with E-state index < -0.39 is 16.8 Å². The molecule has 0 spiro atoms. The molecule has 6 heteroatoms. The van der Waals surface area contributed by atoms with Gasteiger partial charge in [-0.1, -0.05) is 36.4 Å². The summed E-state index contributed by atoms with van der Waals surface area (Å²) in [5.41, 5.74) is 8.39. The lowest BCUT2D eigenvalue weighted by atomic mass is 9.90. The molecule has 1 atom stereocenters. The van der Waals surface area contributed by atoms with Crippen molar-refractivity contribution in [3.63, 3.8) is 0 Å². The Bertz CT molecular complexity index is 828. The second-order valence-corrected chi connectivity index (χ2v) is 5.19. The number of carbonyl (C=O) groups excluding carboxylic acids is 1. The molecule has 2 aromatic rings. The van der Waals surface area contributed by atoms with Gasteiger partial charge in [-0.15, -0.1) is 0 Å². The maximum absolute atomic E-state index is 11.8. The van der Waals surface area contributed by atoms with Crippen LogP contribution in [0.2, 0.25) is 0 Å². The predicted octanol–water partition coefficient (Wildman–Crippen LogP) is 2.52. The van der Waals surface area contributed by atoms with Crippen LogP contribution in [0.15, 0.2) is 54.2 Å². The molecule has 0 amide bonds. The molecule has 0 fully saturated rings. The van der Waals surface area contributed by atoms with Gasteiger partial charge in [0.25, 0.3) is 5.70 Å². The van der Waals surface area contributed by atoms with Crippen LogP contribution in [0.4, 0.5) is 0 Å². The minimum Gasteiger partial charge on any atom is -0.465 e. The molecule has 0 aliphatic heterocycles. The Hall–Kier alpha value is -3.15. The molecule has 0 bridgehead atoms. The number of carbonyl (C=O) groups is 1. The average molecular weight is 310 g/mol. The molecular weight excluding hydrogens is 296 g/mol. The number of nitrogens with two attached hydrogens (primary N) is 1. The molecule has 23 heavy (non-hydrogen) atoms. The highest BCUT2D eigenvalue weighted by atomic mass is 16.6. The first kappa shape index (κ1) is 14.8. The van der Waals surface area contributed by atoms with Crippen molar-refractivity contribution in [3.05, 3.63) is 86.6 Å². The summed E-state index contributed by atoms with van der Waals surface area (Å²) in [6.07, 6.45) is 0. The third kappa shape index (κ3) is 2.34. The predicted molar refractivity (Wildman–Crippen MR) is 84.2 cm³/mol. The minimum atomic E-state index is -0.606. The summed E-state index contributed by atoms with van der Waals surface area (Å²) in [5.74, 6) is -1.10. The number of ether oxygens (including phenoxy) is 1. The van der Waals surface area contributed by atoms with E-state index in [9.17, 15) is 14.9 Å². The van der Waals surface area contributed by atoms with Crippen molar-refractivity contribution in [2.24, 2.45) is 5.73 Å². The van der Waals surface area contributed by atoms with E-state index in [1.165, 1.54) is 7.11 Å². The van der Waals surface area contributed by atoms with Gasteiger partial charge < -0.3 is 10.5 Å². The second-order valence-electron chi connectivity index (χ2n) is 5.19. The van der Waals surface area contributed by atoms with Crippen LogP contribution in [0.1, 0.15) is 33.0 Å². The van der Waals surface area contributed by atoms with Crippen LogP contribution in [0.3, 0.4) is 0 Å². The fourth-order valence-corrected chi connectivity index (χ4v) is 2.92. The summed E-state index contributed by atoms with van der Waals surface area (Å²) in [6, 6.07) is 13.9. The van der Waals surface area contributed by atoms with Gasteiger partial charge in [-0.05, 0) is 23.3 Å². The van der Waals surface area contributed by atoms with Gasteiger partial charge in [-0.3, -0.25) is 10.1 Å². The number of rotatable bonds is 3. The van der Waals surface area contributed by atoms with E-state index in [0.29, 0.717) is 16.7 Å². The summed E-state index contributed by atoms with van der Waals surface area (Å²) >= 11 is 0. The van der Waals surface area contributed by atoms with Crippen molar-refractivity contribution >= 4 is 11.7 Å². The molecule has 6 nitrogen and oxygen atoms in total. The van der Waals surface area contributed by atoms with Crippen LogP contribution in [-0.4, -0.2) is 18.0 Å². The first-order valence-electron chi connectivity index (χ1n) is 6.96. The van der Waals surface area contributed by atoms with Gasteiger partial charge in [-0.25, -0.2) is 4.79 Å². The Labute approximate surface area is 132 Å². The summed E-state index contributed by atoms with van der Waals surface area (Å²) in [5, 5.41) is 11.5. The number of nitrogens with zero attached hydrogens (tertiary/aromatic N) is 1. The van der Waals surface area contributed by atoms with Gasteiger partial charge in [0.15, 0.2) is 0 Å². The Kier molecular flexibility index (Phi) is 3.57. The topological polar surface area (TPSA) is 95.5 Å². The van der Waals surface area contributed by atoms with Gasteiger partial charge in [-0.2, -0.15) is 0 Å². The quantitative estimate of drug-likeness (QED) is 0.534. The molecule has 0 saturated carbocycles. The van der Waals surface area contributed by atoms with Crippen LogP contribution in [-0.2, 0) is 4.74 Å². The number of fused-ring (bicyclic) bond motifs is 1. The number of esters is 1. The Balaban J connectivity index is 2.22. The summed E-state index contributed by atoms with van der Waals surface area (Å²) in [6.45, 7) is 0. The largest absolute Gasteiger partial charge is 0.465 e. The number of benzene rings is 2. The molecule has 2 N–H and O–H groups in total. The van der Waals surface area contributed by atoms with Crippen molar-refractivity contribution in [1.29, 1.82) is 0 Å². The second kappa shape index (κ2) is 5.57. The summed E-state index contributed by atoms with van der Waals surface area (Å²) in [4.78, 5) is 22.8. The maximum Gasteiger partial charge on any atom is 0.337 e. The third-order valence-corrected chi connectivity index (χ3v) is 3.95. The van der Waals surface area contributed by atoms with Crippen LogP contribution in [0, 0.1) is 10.1 Å².